The third-order valence-electron chi connectivity index (χ3n) is 9.84. The summed E-state index contributed by atoms with van der Waals surface area (Å²) in [5.41, 5.74) is 9.99. The average Bonchev–Trinajstić information content (AvgIpc) is 3.17. The predicted octanol–water partition coefficient (Wildman–Crippen LogP) is 7.75. The number of nitrogens with two attached hydrogens (primary N) is 1. The highest BCUT2D eigenvalue weighted by Gasteiger charge is 2.42. The van der Waals surface area contributed by atoms with E-state index in [1.54, 1.807) is 38.1 Å². The van der Waals surface area contributed by atoms with E-state index in [9.17, 15) is 28.3 Å². The Morgan fingerprint density at radius 3 is 2.43 bits per heavy atom. The first-order valence-corrected chi connectivity index (χ1v) is 18.4. The smallest absolute Gasteiger partial charge is 0.357 e. The number of fused-ring (bicyclic) bond motifs is 1. The summed E-state index contributed by atoms with van der Waals surface area (Å²) in [6.07, 6.45) is 1.03. The molecule has 56 heavy (non-hydrogen) atoms. The van der Waals surface area contributed by atoms with Crippen molar-refractivity contribution in [1.29, 1.82) is 0 Å². The second-order valence-corrected chi connectivity index (χ2v) is 14.6. The SMILES string of the molecule is COC(=O)c1cc(-c2nc(-c3ccccc3)c(NC(=O)NC3c4cc(F)c(F)cc4C(C)(CCCOC(=O)c4nc(Br)c(N)cc4C)C[C@H]3O)cc2C)ccn1. The molecule has 0 radical (unpaired) electrons. The molecule has 290 valence electrons. The molecule has 6 rings (SSSR count). The molecule has 15 heteroatoms. The number of aliphatic hydroxyl groups excluding tert-OH is 1. The minimum Gasteiger partial charge on any atom is -0.464 e. The quantitative estimate of drug-likeness (QED) is 0.0618. The molecule has 0 bridgehead atoms. The van der Waals surface area contributed by atoms with Crippen LogP contribution in [-0.2, 0) is 14.9 Å². The number of nitrogens with one attached hydrogen (secondary N) is 2. The van der Waals surface area contributed by atoms with E-state index in [0.29, 0.717) is 68.0 Å². The zero-order valence-electron chi connectivity index (χ0n) is 31.0. The van der Waals surface area contributed by atoms with Crippen LogP contribution >= 0.6 is 15.9 Å². The number of carbonyl (C=O) groups excluding carboxylic acids is 3. The van der Waals surface area contributed by atoms with Crippen LogP contribution in [0.1, 0.15) is 75.5 Å². The molecule has 5 N–H and O–H groups in total. The molecular formula is C41H39BrF2N6O6. The number of aliphatic hydroxyl groups is 1. The number of aryl methyl sites for hydroxylation is 2. The number of nitrogen functional groups attached to an aromatic ring is 1. The summed E-state index contributed by atoms with van der Waals surface area (Å²) in [5.74, 6) is -3.44. The van der Waals surface area contributed by atoms with E-state index in [1.807, 2.05) is 37.3 Å². The highest BCUT2D eigenvalue weighted by atomic mass is 79.9. The topological polar surface area (TPSA) is 179 Å². The Morgan fingerprint density at radius 1 is 0.964 bits per heavy atom. The summed E-state index contributed by atoms with van der Waals surface area (Å²) in [7, 11) is 1.27. The number of anilines is 2. The van der Waals surface area contributed by atoms with Gasteiger partial charge in [0.25, 0.3) is 0 Å². The number of rotatable bonds is 10. The number of hydrogen-bond donors (Lipinski definition) is 4. The highest BCUT2D eigenvalue weighted by molar-refractivity contribution is 9.10. The van der Waals surface area contributed by atoms with Gasteiger partial charge in [0, 0.05) is 17.3 Å². The minimum absolute atomic E-state index is 0.000320. The Balaban J connectivity index is 1.23. The molecule has 12 nitrogen and oxygen atoms in total. The average molecular weight is 830 g/mol. The number of pyridine rings is 3. The van der Waals surface area contributed by atoms with Gasteiger partial charge in [-0.2, -0.15) is 0 Å². The number of nitrogens with zero attached hydrogens (tertiary/aromatic N) is 3. The fourth-order valence-corrected chi connectivity index (χ4v) is 7.37. The first-order valence-electron chi connectivity index (χ1n) is 17.7. The standard InChI is InChI=1S/C41H39BrF2N6O6/c1-21-15-29(45)37(42)49-34(21)39(53)56-14-8-12-41(3)20-32(51)36(25-18-27(43)28(44)19-26(25)41)50-40(54)47-30-16-22(2)33(48-35(30)23-9-6-5-7-10-23)24-11-13-46-31(17-24)38(52)55-4/h5-7,9-11,13,15-19,32,36,51H,8,12,14,20,45H2,1-4H3,(H2,47,50,54)/t32-,36?,41?/m1/s1. The lowest BCUT2D eigenvalue weighted by Gasteiger charge is -2.43. The normalized spacial score (nSPS) is 17.4. The molecule has 0 spiro atoms. The predicted molar refractivity (Wildman–Crippen MR) is 209 cm³/mol. The summed E-state index contributed by atoms with van der Waals surface area (Å²) in [5, 5.41) is 17.1. The summed E-state index contributed by atoms with van der Waals surface area (Å²) in [6.45, 7) is 5.30. The van der Waals surface area contributed by atoms with Crippen LogP contribution in [0.25, 0.3) is 22.5 Å². The number of urea groups is 1. The van der Waals surface area contributed by atoms with Gasteiger partial charge in [0.2, 0.25) is 0 Å². The van der Waals surface area contributed by atoms with Crippen LogP contribution in [0.2, 0.25) is 0 Å². The maximum absolute atomic E-state index is 14.8. The Bertz CT molecular complexity index is 2330. The zero-order valence-corrected chi connectivity index (χ0v) is 32.5. The number of methoxy groups -OCH3 is 1. The fourth-order valence-electron chi connectivity index (χ4n) is 7.07. The van der Waals surface area contributed by atoms with Gasteiger partial charge in [-0.3, -0.25) is 0 Å². The molecule has 2 unspecified atom stereocenters. The van der Waals surface area contributed by atoms with Crippen molar-refractivity contribution in [2.45, 2.75) is 57.6 Å². The van der Waals surface area contributed by atoms with Crippen LogP contribution in [0.3, 0.4) is 0 Å². The van der Waals surface area contributed by atoms with E-state index in [-0.39, 0.29) is 30.0 Å². The van der Waals surface area contributed by atoms with Crippen molar-refractivity contribution in [2.24, 2.45) is 0 Å². The molecule has 3 aromatic heterocycles. The molecule has 1 aliphatic carbocycles. The second-order valence-electron chi connectivity index (χ2n) is 13.9. The van der Waals surface area contributed by atoms with Crippen molar-refractivity contribution < 1.29 is 37.7 Å². The van der Waals surface area contributed by atoms with Gasteiger partial charge in [0.15, 0.2) is 17.3 Å². The Hall–Kier alpha value is -5.80. The van der Waals surface area contributed by atoms with Crippen LogP contribution in [-0.4, -0.2) is 57.8 Å². The van der Waals surface area contributed by atoms with Gasteiger partial charge in [-0.05, 0) is 113 Å². The van der Waals surface area contributed by atoms with Crippen LogP contribution in [0, 0.1) is 25.5 Å². The summed E-state index contributed by atoms with van der Waals surface area (Å²) >= 11 is 3.22. The van der Waals surface area contributed by atoms with Crippen LogP contribution in [0.4, 0.5) is 25.0 Å². The van der Waals surface area contributed by atoms with Gasteiger partial charge < -0.3 is 30.9 Å². The van der Waals surface area contributed by atoms with Crippen LogP contribution in [0.15, 0.2) is 77.5 Å². The third-order valence-corrected chi connectivity index (χ3v) is 10.5. The molecule has 3 heterocycles. The number of esters is 2. The molecule has 5 aromatic rings. The molecule has 0 saturated carbocycles. The molecular weight excluding hydrogens is 790 g/mol. The van der Waals surface area contributed by atoms with Crippen molar-refractivity contribution in [3.05, 3.63) is 123 Å². The minimum atomic E-state index is -1.20. The van der Waals surface area contributed by atoms with Crippen molar-refractivity contribution in [1.82, 2.24) is 20.3 Å². The molecule has 1 aliphatic rings. The van der Waals surface area contributed by atoms with Gasteiger partial charge in [0.05, 0.1) is 48.6 Å². The molecule has 3 atom stereocenters. The summed E-state index contributed by atoms with van der Waals surface area (Å²) < 4.78 is 40.3. The van der Waals surface area contributed by atoms with Gasteiger partial charge in [-0.25, -0.2) is 38.1 Å². The van der Waals surface area contributed by atoms with E-state index in [1.165, 1.54) is 13.3 Å². The maximum Gasteiger partial charge on any atom is 0.357 e. The van der Waals surface area contributed by atoms with Crippen molar-refractivity contribution in [2.75, 3.05) is 24.8 Å². The van der Waals surface area contributed by atoms with E-state index in [2.05, 4.69) is 36.5 Å². The van der Waals surface area contributed by atoms with Gasteiger partial charge in [-0.15, -0.1) is 0 Å². The van der Waals surface area contributed by atoms with Crippen molar-refractivity contribution in [3.8, 4) is 22.5 Å². The molecule has 2 aromatic carbocycles. The number of amides is 2. The van der Waals surface area contributed by atoms with E-state index in [0.717, 1.165) is 12.1 Å². The molecule has 0 fully saturated rings. The number of benzene rings is 2. The van der Waals surface area contributed by atoms with Crippen LogP contribution in [0.5, 0.6) is 0 Å². The summed E-state index contributed by atoms with van der Waals surface area (Å²) in [4.78, 5) is 51.9. The van der Waals surface area contributed by atoms with Gasteiger partial charge in [0.1, 0.15) is 10.3 Å². The first kappa shape index (κ1) is 39.9. The van der Waals surface area contributed by atoms with Gasteiger partial charge in [-0.1, -0.05) is 37.3 Å². The number of carbonyl (C=O) groups is 3. The van der Waals surface area contributed by atoms with Crippen molar-refractivity contribution in [3.63, 3.8) is 0 Å². The lowest BCUT2D eigenvalue weighted by molar-refractivity contribution is 0.0461. The molecule has 0 aliphatic heterocycles. The number of aromatic nitrogens is 3. The zero-order chi connectivity index (χ0) is 40.3. The summed E-state index contributed by atoms with van der Waals surface area (Å²) in [6, 6.07) is 16.0. The van der Waals surface area contributed by atoms with Crippen molar-refractivity contribution >= 4 is 45.3 Å². The van der Waals surface area contributed by atoms with Crippen LogP contribution < -0.4 is 16.4 Å². The number of halogens is 3. The monoisotopic (exact) mass is 828 g/mol. The molecule has 0 saturated heterocycles. The third kappa shape index (κ3) is 8.38. The van der Waals surface area contributed by atoms with E-state index >= 15 is 0 Å². The van der Waals surface area contributed by atoms with E-state index < -0.39 is 47.2 Å². The fraction of sp³-hybridized carbons (Fsp3) is 0.268. The Labute approximate surface area is 330 Å². The molecule has 2 amide bonds. The lowest BCUT2D eigenvalue weighted by atomic mass is 9.66. The lowest BCUT2D eigenvalue weighted by Crippen LogP contribution is -2.46. The second kappa shape index (κ2) is 16.5. The number of ether oxygens (including phenoxy) is 2. The largest absolute Gasteiger partial charge is 0.464 e. The number of hydrogen-bond acceptors (Lipinski definition) is 10. The Kier molecular flexibility index (Phi) is 11.8. The highest BCUT2D eigenvalue weighted by Crippen LogP contribution is 2.45. The van der Waals surface area contributed by atoms with Gasteiger partial charge >= 0.3 is 18.0 Å². The Morgan fingerprint density at radius 2 is 1.70 bits per heavy atom. The van der Waals surface area contributed by atoms with E-state index in [4.69, 9.17) is 20.2 Å². The maximum atomic E-state index is 14.8. The first-order chi connectivity index (χ1) is 26.7.